The minimum Gasteiger partial charge on any atom is -0.370 e. The largest absolute Gasteiger partial charge is 0.370 e. The van der Waals surface area contributed by atoms with Gasteiger partial charge in [0.05, 0.1) is 6.04 Å². The molecule has 1 saturated carbocycles. The summed E-state index contributed by atoms with van der Waals surface area (Å²) in [5.41, 5.74) is 5.99. The number of nitrogens with zero attached hydrogens (tertiary/aromatic N) is 2. The summed E-state index contributed by atoms with van der Waals surface area (Å²) >= 11 is 0. The highest BCUT2D eigenvalue weighted by atomic mass is 15.3. The molecule has 0 aromatic heterocycles. The van der Waals surface area contributed by atoms with Gasteiger partial charge in [0.1, 0.15) is 0 Å². The quantitative estimate of drug-likeness (QED) is 0.557. The minimum absolute atomic E-state index is 0.549. The van der Waals surface area contributed by atoms with Crippen molar-refractivity contribution >= 4 is 5.96 Å². The number of hydrogen-bond acceptors (Lipinski definition) is 1. The molecule has 1 saturated heterocycles. The zero-order chi connectivity index (χ0) is 10.8. The van der Waals surface area contributed by atoms with Crippen LogP contribution < -0.4 is 5.73 Å². The second kappa shape index (κ2) is 4.42. The highest BCUT2D eigenvalue weighted by molar-refractivity contribution is 5.78. The Balaban J connectivity index is 1.81. The van der Waals surface area contributed by atoms with Gasteiger partial charge in [-0.1, -0.05) is 13.8 Å². The Morgan fingerprint density at radius 2 is 1.80 bits per heavy atom. The number of likely N-dealkylation sites (tertiary alicyclic amines) is 1. The van der Waals surface area contributed by atoms with Crippen LogP contribution in [0, 0.1) is 11.8 Å². The third kappa shape index (κ3) is 2.86. The topological polar surface area (TPSA) is 41.6 Å². The fourth-order valence-corrected chi connectivity index (χ4v) is 2.27. The molecule has 2 rings (SSSR count). The number of hydrogen-bond donors (Lipinski definition) is 1. The van der Waals surface area contributed by atoms with Crippen molar-refractivity contribution in [3.8, 4) is 0 Å². The fourth-order valence-electron chi connectivity index (χ4n) is 2.27. The van der Waals surface area contributed by atoms with Crippen molar-refractivity contribution in [3.05, 3.63) is 0 Å². The first kappa shape index (κ1) is 10.8. The highest BCUT2D eigenvalue weighted by Gasteiger charge is 2.25. The van der Waals surface area contributed by atoms with Gasteiger partial charge < -0.3 is 10.6 Å². The lowest BCUT2D eigenvalue weighted by Gasteiger charge is -2.34. The maximum absolute atomic E-state index is 5.99. The molecule has 15 heavy (non-hydrogen) atoms. The maximum Gasteiger partial charge on any atom is 0.191 e. The van der Waals surface area contributed by atoms with Crippen molar-refractivity contribution in [2.75, 3.05) is 13.1 Å². The molecule has 0 aromatic rings. The lowest BCUT2D eigenvalue weighted by molar-refractivity contribution is 0.218. The lowest BCUT2D eigenvalue weighted by Crippen LogP contribution is -2.43. The Morgan fingerprint density at radius 3 is 2.27 bits per heavy atom. The van der Waals surface area contributed by atoms with E-state index >= 15 is 0 Å². The first-order chi connectivity index (χ1) is 7.16. The second-order valence-electron chi connectivity index (χ2n) is 5.29. The molecule has 0 unspecified atom stereocenters. The standard InChI is InChI=1S/C12H23N3/c1-9(2)10-5-7-15(8-6-10)12(13)14-11-3-4-11/h9-11H,3-8H2,1-2H3,(H2,13,14). The minimum atomic E-state index is 0.549. The second-order valence-corrected chi connectivity index (χ2v) is 5.29. The van der Waals surface area contributed by atoms with Gasteiger partial charge in [0.2, 0.25) is 0 Å². The molecule has 0 aromatic carbocycles. The first-order valence-electron chi connectivity index (χ1n) is 6.25. The molecule has 3 nitrogen and oxygen atoms in total. The fraction of sp³-hybridized carbons (Fsp3) is 0.917. The molecule has 0 spiro atoms. The summed E-state index contributed by atoms with van der Waals surface area (Å²) in [4.78, 5) is 6.76. The van der Waals surface area contributed by atoms with Crippen LogP contribution >= 0.6 is 0 Å². The van der Waals surface area contributed by atoms with Gasteiger partial charge in [0.15, 0.2) is 5.96 Å². The van der Waals surface area contributed by atoms with E-state index in [1.807, 2.05) is 0 Å². The smallest absolute Gasteiger partial charge is 0.191 e. The average Bonchev–Trinajstić information content (AvgIpc) is 3.02. The molecule has 1 aliphatic carbocycles. The number of aliphatic imine (C=N–C) groups is 1. The molecule has 1 aliphatic heterocycles. The van der Waals surface area contributed by atoms with E-state index in [1.54, 1.807) is 0 Å². The summed E-state index contributed by atoms with van der Waals surface area (Å²) < 4.78 is 0. The maximum atomic E-state index is 5.99. The van der Waals surface area contributed by atoms with Crippen LogP contribution in [0.15, 0.2) is 4.99 Å². The van der Waals surface area contributed by atoms with Gasteiger partial charge in [-0.05, 0) is 37.5 Å². The van der Waals surface area contributed by atoms with E-state index < -0.39 is 0 Å². The number of piperidine rings is 1. The predicted octanol–water partition coefficient (Wildman–Crippen LogP) is 1.83. The van der Waals surface area contributed by atoms with Gasteiger partial charge in [-0.2, -0.15) is 0 Å². The van der Waals surface area contributed by atoms with E-state index in [0.29, 0.717) is 6.04 Å². The molecule has 0 radical (unpaired) electrons. The van der Waals surface area contributed by atoms with Gasteiger partial charge in [-0.3, -0.25) is 0 Å². The van der Waals surface area contributed by atoms with Crippen LogP contribution in [0.25, 0.3) is 0 Å². The van der Waals surface area contributed by atoms with Crippen molar-refractivity contribution in [2.24, 2.45) is 22.6 Å². The SMILES string of the molecule is CC(C)C1CCN(C(N)=NC2CC2)CC1. The summed E-state index contributed by atoms with van der Waals surface area (Å²) in [7, 11) is 0. The Labute approximate surface area is 92.7 Å². The molecule has 1 heterocycles. The van der Waals surface area contributed by atoms with Gasteiger partial charge in [-0.25, -0.2) is 4.99 Å². The Kier molecular flexibility index (Phi) is 3.17. The van der Waals surface area contributed by atoms with Crippen molar-refractivity contribution in [3.63, 3.8) is 0 Å². The third-order valence-corrected chi connectivity index (χ3v) is 3.67. The molecule has 0 atom stereocenters. The van der Waals surface area contributed by atoms with E-state index in [4.69, 9.17) is 5.73 Å². The van der Waals surface area contributed by atoms with Gasteiger partial charge >= 0.3 is 0 Å². The molecule has 86 valence electrons. The lowest BCUT2D eigenvalue weighted by atomic mass is 9.87. The van der Waals surface area contributed by atoms with Gasteiger partial charge in [0.25, 0.3) is 0 Å². The van der Waals surface area contributed by atoms with Crippen molar-refractivity contribution in [2.45, 2.75) is 45.6 Å². The van der Waals surface area contributed by atoms with Crippen molar-refractivity contribution < 1.29 is 0 Å². The Bertz CT molecular complexity index is 235. The van der Waals surface area contributed by atoms with E-state index in [1.165, 1.54) is 25.7 Å². The molecular weight excluding hydrogens is 186 g/mol. The molecule has 2 aliphatic rings. The van der Waals surface area contributed by atoms with Crippen LogP contribution in [0.5, 0.6) is 0 Å². The van der Waals surface area contributed by atoms with Crippen LogP contribution in [-0.4, -0.2) is 30.0 Å². The molecule has 2 N–H and O–H groups in total. The summed E-state index contributed by atoms with van der Waals surface area (Å²) in [6, 6.07) is 0.549. The number of nitrogens with two attached hydrogens (primary N) is 1. The molecule has 2 fully saturated rings. The summed E-state index contributed by atoms with van der Waals surface area (Å²) in [5.74, 6) is 2.49. The molecule has 3 heteroatoms. The first-order valence-corrected chi connectivity index (χ1v) is 6.25. The van der Waals surface area contributed by atoms with E-state index in [9.17, 15) is 0 Å². The summed E-state index contributed by atoms with van der Waals surface area (Å²) in [6.07, 6.45) is 5.03. The van der Waals surface area contributed by atoms with Crippen molar-refractivity contribution in [1.82, 2.24) is 4.90 Å². The van der Waals surface area contributed by atoms with E-state index in [0.717, 1.165) is 30.9 Å². The van der Waals surface area contributed by atoms with Crippen LogP contribution in [0.3, 0.4) is 0 Å². The Hall–Kier alpha value is -0.730. The monoisotopic (exact) mass is 209 g/mol. The van der Waals surface area contributed by atoms with Gasteiger partial charge in [-0.15, -0.1) is 0 Å². The Morgan fingerprint density at radius 1 is 1.20 bits per heavy atom. The number of guanidine groups is 1. The van der Waals surface area contributed by atoms with Crippen LogP contribution in [0.2, 0.25) is 0 Å². The highest BCUT2D eigenvalue weighted by Crippen LogP contribution is 2.26. The molecule has 0 bridgehead atoms. The third-order valence-electron chi connectivity index (χ3n) is 3.67. The number of rotatable bonds is 2. The predicted molar refractivity (Wildman–Crippen MR) is 63.8 cm³/mol. The summed E-state index contributed by atoms with van der Waals surface area (Å²) in [6.45, 7) is 6.85. The molecule has 0 amide bonds. The van der Waals surface area contributed by atoms with Crippen molar-refractivity contribution in [1.29, 1.82) is 0 Å². The van der Waals surface area contributed by atoms with E-state index in [-0.39, 0.29) is 0 Å². The normalized spacial score (nSPS) is 25.0. The van der Waals surface area contributed by atoms with Crippen LogP contribution in [-0.2, 0) is 0 Å². The average molecular weight is 209 g/mol. The molecular formula is C12H23N3. The summed E-state index contributed by atoms with van der Waals surface area (Å²) in [5, 5.41) is 0. The zero-order valence-electron chi connectivity index (χ0n) is 9.95. The van der Waals surface area contributed by atoms with Crippen LogP contribution in [0.4, 0.5) is 0 Å². The van der Waals surface area contributed by atoms with Gasteiger partial charge in [0, 0.05) is 13.1 Å². The van der Waals surface area contributed by atoms with Crippen LogP contribution in [0.1, 0.15) is 39.5 Å². The zero-order valence-corrected chi connectivity index (χ0v) is 9.95. The van der Waals surface area contributed by atoms with E-state index in [2.05, 4.69) is 23.7 Å².